The zero-order valence-electron chi connectivity index (χ0n) is 18.8. The number of carbonyl (C=O) groups excluding carboxylic acids is 1. The van der Waals surface area contributed by atoms with Crippen molar-refractivity contribution in [1.82, 2.24) is 14.9 Å². The highest BCUT2D eigenvalue weighted by atomic mass is 16.4. The molecule has 3 heterocycles. The second-order valence-corrected chi connectivity index (χ2v) is 8.23. The number of aromatic hydroxyl groups is 1. The molecule has 0 spiro atoms. The van der Waals surface area contributed by atoms with Gasteiger partial charge in [0.2, 0.25) is 0 Å². The maximum Gasteiger partial charge on any atom is 0.322 e. The van der Waals surface area contributed by atoms with Crippen molar-refractivity contribution in [1.29, 1.82) is 0 Å². The third-order valence-electron chi connectivity index (χ3n) is 6.39. The summed E-state index contributed by atoms with van der Waals surface area (Å²) in [6.07, 6.45) is 0.454. The highest BCUT2D eigenvalue weighted by Gasteiger charge is 2.41. The lowest BCUT2D eigenvalue weighted by molar-refractivity contribution is -0.145. The van der Waals surface area contributed by atoms with Crippen LogP contribution in [0.25, 0.3) is 22.3 Å². The van der Waals surface area contributed by atoms with Crippen molar-refractivity contribution in [2.45, 2.75) is 45.4 Å². The van der Waals surface area contributed by atoms with E-state index >= 15 is 0 Å². The van der Waals surface area contributed by atoms with Gasteiger partial charge in [-0.3, -0.25) is 14.4 Å². The molecular weight excluding hydrogens is 442 g/mol. The molecule has 0 unspecified atom stereocenters. The normalized spacial score (nSPS) is 13.9. The quantitative estimate of drug-likeness (QED) is 0.269. The summed E-state index contributed by atoms with van der Waals surface area (Å²) in [5.41, 5.74) is 0.178. The number of phenols is 1. The summed E-state index contributed by atoms with van der Waals surface area (Å²) in [5, 5.41) is 43.0. The minimum Gasteiger partial charge on any atom is -0.508 e. The van der Waals surface area contributed by atoms with Gasteiger partial charge < -0.3 is 30.3 Å². The number of benzene rings is 1. The number of fused-ring (bicyclic) bond motifs is 4. The van der Waals surface area contributed by atoms with Crippen molar-refractivity contribution in [3.63, 3.8) is 0 Å². The third-order valence-corrected chi connectivity index (χ3v) is 6.39. The van der Waals surface area contributed by atoms with Gasteiger partial charge in [-0.25, -0.2) is 4.98 Å². The maximum absolute atomic E-state index is 13.4. The Morgan fingerprint density at radius 2 is 1.94 bits per heavy atom. The van der Waals surface area contributed by atoms with Crippen LogP contribution in [0.5, 0.6) is 5.75 Å². The number of hydrogen-bond donors (Lipinski definition) is 5. The molecule has 1 aliphatic rings. The molecule has 10 nitrogen and oxygen atoms in total. The molecule has 178 valence electrons. The van der Waals surface area contributed by atoms with Gasteiger partial charge >= 0.3 is 5.97 Å². The minimum atomic E-state index is -2.23. The Balaban J connectivity index is 1.97. The first-order valence-corrected chi connectivity index (χ1v) is 10.9. The van der Waals surface area contributed by atoms with Crippen molar-refractivity contribution in [3.8, 4) is 17.1 Å². The standard InChI is InChI=1S/C24H25N3O7/c1-3-13-14-7-12(29)5-6-18(14)26-21-15(13)10-27-19(21)8-17(16(11-28)22(27)32)24(34,4-2)23(33)25-9-20(30)31/h5-8,28-29,34H,3-4,9-11H2,1-2H3,(H,25,33)(H,30,31)/t24-/m0/s1. The number of amides is 1. The first-order valence-electron chi connectivity index (χ1n) is 10.9. The predicted octanol–water partition coefficient (Wildman–Crippen LogP) is 0.984. The van der Waals surface area contributed by atoms with E-state index in [4.69, 9.17) is 10.1 Å². The molecule has 0 radical (unpaired) electrons. The van der Waals surface area contributed by atoms with Crippen LogP contribution < -0.4 is 10.9 Å². The van der Waals surface area contributed by atoms with E-state index in [1.807, 2.05) is 6.92 Å². The fourth-order valence-electron chi connectivity index (χ4n) is 4.64. The third kappa shape index (κ3) is 3.51. The number of rotatable bonds is 7. The first-order chi connectivity index (χ1) is 16.2. The average molecular weight is 467 g/mol. The molecule has 1 aliphatic heterocycles. The summed E-state index contributed by atoms with van der Waals surface area (Å²) < 4.78 is 1.44. The predicted molar refractivity (Wildman–Crippen MR) is 122 cm³/mol. The Kier molecular flexibility index (Phi) is 5.88. The number of phenolic OH excluding ortho intramolecular Hbond substituents is 1. The van der Waals surface area contributed by atoms with Gasteiger partial charge in [0.25, 0.3) is 11.5 Å². The van der Waals surface area contributed by atoms with Crippen LogP contribution in [0.1, 0.15) is 42.5 Å². The second-order valence-electron chi connectivity index (χ2n) is 8.23. The summed E-state index contributed by atoms with van der Waals surface area (Å²) in [6, 6.07) is 6.30. The first kappa shape index (κ1) is 23.4. The number of nitrogens with zero attached hydrogens (tertiary/aromatic N) is 2. The number of nitrogens with one attached hydrogen (secondary N) is 1. The summed E-state index contributed by atoms with van der Waals surface area (Å²) >= 11 is 0. The minimum absolute atomic E-state index is 0.0878. The lowest BCUT2D eigenvalue weighted by atomic mass is 9.86. The fourth-order valence-corrected chi connectivity index (χ4v) is 4.64. The molecule has 0 bridgehead atoms. The highest BCUT2D eigenvalue weighted by molar-refractivity contribution is 5.91. The van der Waals surface area contributed by atoms with Gasteiger partial charge in [-0.15, -0.1) is 0 Å². The molecule has 4 rings (SSSR count). The zero-order valence-corrected chi connectivity index (χ0v) is 18.8. The molecule has 0 saturated carbocycles. The van der Waals surface area contributed by atoms with E-state index in [0.717, 1.165) is 16.5 Å². The summed E-state index contributed by atoms with van der Waals surface area (Å²) in [7, 11) is 0. The fraction of sp³-hybridized carbons (Fsp3) is 0.333. The van der Waals surface area contributed by atoms with Crippen LogP contribution in [0.15, 0.2) is 29.1 Å². The van der Waals surface area contributed by atoms with Crippen LogP contribution in [-0.2, 0) is 34.8 Å². The van der Waals surface area contributed by atoms with Crippen LogP contribution in [0, 0.1) is 0 Å². The van der Waals surface area contributed by atoms with E-state index in [1.54, 1.807) is 12.1 Å². The largest absolute Gasteiger partial charge is 0.508 e. The number of carbonyl (C=O) groups is 2. The van der Waals surface area contributed by atoms with Crippen LogP contribution >= 0.6 is 0 Å². The molecule has 34 heavy (non-hydrogen) atoms. The molecule has 0 saturated heterocycles. The maximum atomic E-state index is 13.4. The number of carboxylic acids is 1. The van der Waals surface area contributed by atoms with E-state index in [9.17, 15) is 29.7 Å². The van der Waals surface area contributed by atoms with Gasteiger partial charge in [0.15, 0.2) is 5.60 Å². The molecule has 1 aromatic carbocycles. The Morgan fingerprint density at radius 1 is 1.21 bits per heavy atom. The second kappa shape index (κ2) is 8.54. The Hall–Kier alpha value is -3.76. The van der Waals surface area contributed by atoms with E-state index in [2.05, 4.69) is 5.32 Å². The van der Waals surface area contributed by atoms with Crippen molar-refractivity contribution in [3.05, 3.63) is 56.9 Å². The van der Waals surface area contributed by atoms with Gasteiger partial charge in [-0.2, -0.15) is 0 Å². The molecule has 0 aliphatic carbocycles. The monoisotopic (exact) mass is 467 g/mol. The molecule has 3 aromatic rings. The van der Waals surface area contributed by atoms with Gasteiger partial charge in [0.1, 0.15) is 12.3 Å². The summed E-state index contributed by atoms with van der Waals surface area (Å²) in [6.45, 7) is 2.24. The lowest BCUT2D eigenvalue weighted by Crippen LogP contribution is -2.47. The van der Waals surface area contributed by atoms with Crippen molar-refractivity contribution >= 4 is 22.8 Å². The number of aromatic nitrogens is 2. The van der Waals surface area contributed by atoms with Crippen LogP contribution in [-0.4, -0.2) is 48.4 Å². The smallest absolute Gasteiger partial charge is 0.322 e. The molecule has 1 amide bonds. The lowest BCUT2D eigenvalue weighted by Gasteiger charge is -2.28. The van der Waals surface area contributed by atoms with Gasteiger partial charge in [0, 0.05) is 22.1 Å². The number of aryl methyl sites for hydroxylation is 1. The van der Waals surface area contributed by atoms with Crippen LogP contribution in [0.3, 0.4) is 0 Å². The molecule has 0 fully saturated rings. The Morgan fingerprint density at radius 3 is 2.56 bits per heavy atom. The zero-order chi connectivity index (χ0) is 24.8. The molecular formula is C24H25N3O7. The van der Waals surface area contributed by atoms with Crippen molar-refractivity contribution in [2.75, 3.05) is 6.54 Å². The number of carboxylic acid groups (broad SMARTS) is 1. The summed E-state index contributed by atoms with van der Waals surface area (Å²) in [5.74, 6) is -2.17. The number of aliphatic carboxylic acids is 1. The highest BCUT2D eigenvalue weighted by Crippen LogP contribution is 2.39. The molecule has 1 atom stereocenters. The average Bonchev–Trinajstić information content (AvgIpc) is 3.18. The number of aliphatic hydroxyl groups is 2. The van der Waals surface area contributed by atoms with Crippen LogP contribution in [0.2, 0.25) is 0 Å². The number of hydrogen-bond acceptors (Lipinski definition) is 7. The molecule has 5 N–H and O–H groups in total. The topological polar surface area (TPSA) is 162 Å². The van der Waals surface area contributed by atoms with Crippen molar-refractivity contribution in [2.24, 2.45) is 0 Å². The Bertz CT molecular complexity index is 1400. The van der Waals surface area contributed by atoms with Gasteiger partial charge in [-0.1, -0.05) is 13.8 Å². The van der Waals surface area contributed by atoms with E-state index in [1.165, 1.54) is 23.6 Å². The van der Waals surface area contributed by atoms with Crippen molar-refractivity contribution < 1.29 is 30.0 Å². The number of aliphatic hydroxyl groups excluding tert-OH is 1. The molecule has 10 heteroatoms. The number of pyridine rings is 2. The van der Waals surface area contributed by atoms with Gasteiger partial charge in [0.05, 0.1) is 30.1 Å². The summed E-state index contributed by atoms with van der Waals surface area (Å²) in [4.78, 5) is 41.8. The van der Waals surface area contributed by atoms with E-state index in [0.29, 0.717) is 23.3 Å². The van der Waals surface area contributed by atoms with Gasteiger partial charge in [-0.05, 0) is 42.7 Å². The van der Waals surface area contributed by atoms with E-state index in [-0.39, 0.29) is 29.8 Å². The SMILES string of the molecule is CCc1c2c(nc3ccc(O)cc13)-c1cc([C@@](O)(CC)C(=O)NCC(=O)O)c(CO)c(=O)n1C2. The van der Waals surface area contributed by atoms with E-state index < -0.39 is 36.2 Å². The molecule has 2 aromatic heterocycles. The Labute approximate surface area is 194 Å². The van der Waals surface area contributed by atoms with Crippen LogP contribution in [0.4, 0.5) is 0 Å².